The lowest BCUT2D eigenvalue weighted by atomic mass is 10.1. The van der Waals surface area contributed by atoms with E-state index >= 15 is 0 Å². The van der Waals surface area contributed by atoms with Gasteiger partial charge in [0.2, 0.25) is 0 Å². The van der Waals surface area contributed by atoms with Gasteiger partial charge in [-0.15, -0.1) is 0 Å². The summed E-state index contributed by atoms with van der Waals surface area (Å²) in [5, 5.41) is 1.64. The molecule has 0 N–H and O–H groups in total. The third kappa shape index (κ3) is 4.50. The van der Waals surface area contributed by atoms with Gasteiger partial charge in [0, 0.05) is 55.9 Å². The molecule has 164 valence electrons. The molecule has 0 atom stereocenters. The predicted octanol–water partition coefficient (Wildman–Crippen LogP) is 3.83. The van der Waals surface area contributed by atoms with Crippen LogP contribution in [-0.2, 0) is 6.54 Å². The fraction of sp³-hybridized carbons (Fsp3) is 0.375. The van der Waals surface area contributed by atoms with E-state index in [9.17, 15) is 4.79 Å². The van der Waals surface area contributed by atoms with E-state index in [1.54, 1.807) is 7.11 Å². The lowest BCUT2D eigenvalue weighted by Crippen LogP contribution is -2.48. The van der Waals surface area contributed by atoms with Crippen molar-refractivity contribution in [3.05, 3.63) is 59.2 Å². The summed E-state index contributed by atoms with van der Waals surface area (Å²) in [6.45, 7) is 4.60. The number of amides is 1. The number of carbonyl (C=O) groups excluding carboxylic acids is 1. The van der Waals surface area contributed by atoms with Gasteiger partial charge in [0.05, 0.1) is 23.9 Å². The average molecular weight is 441 g/mol. The van der Waals surface area contributed by atoms with E-state index in [0.29, 0.717) is 18.1 Å². The van der Waals surface area contributed by atoms with Crippen LogP contribution in [0, 0.1) is 0 Å². The van der Waals surface area contributed by atoms with E-state index < -0.39 is 0 Å². The third-order valence-electron chi connectivity index (χ3n) is 5.86. The first kappa shape index (κ1) is 21.5. The molecule has 31 heavy (non-hydrogen) atoms. The maximum absolute atomic E-state index is 13.4. The van der Waals surface area contributed by atoms with Crippen LogP contribution in [0.5, 0.6) is 5.75 Å². The number of hydrogen-bond acceptors (Lipinski definition) is 4. The number of fused-ring (bicyclic) bond motifs is 1. The van der Waals surface area contributed by atoms with Gasteiger partial charge in [0.15, 0.2) is 0 Å². The second-order valence-electron chi connectivity index (χ2n) is 8.15. The van der Waals surface area contributed by atoms with Crippen molar-refractivity contribution in [2.45, 2.75) is 6.54 Å². The SMILES string of the molecule is COc1ccccc1N1CCN(C(=O)c2cn(CCN(C)C)c3cc(Cl)ccc23)CC1. The van der Waals surface area contributed by atoms with Gasteiger partial charge in [0.1, 0.15) is 5.75 Å². The second kappa shape index (κ2) is 9.20. The molecule has 1 fully saturated rings. The number of anilines is 1. The van der Waals surface area contributed by atoms with Crippen LogP contribution in [0.25, 0.3) is 10.9 Å². The minimum atomic E-state index is 0.0793. The van der Waals surface area contributed by atoms with Crippen LogP contribution in [0.15, 0.2) is 48.7 Å². The average Bonchev–Trinajstić information content (AvgIpc) is 3.15. The summed E-state index contributed by atoms with van der Waals surface area (Å²) in [7, 11) is 5.79. The van der Waals surface area contributed by atoms with Crippen molar-refractivity contribution < 1.29 is 9.53 Å². The molecule has 1 saturated heterocycles. The third-order valence-corrected chi connectivity index (χ3v) is 6.09. The Labute approximate surface area is 188 Å². The Morgan fingerprint density at radius 1 is 1.10 bits per heavy atom. The first-order chi connectivity index (χ1) is 15.0. The molecule has 0 radical (unpaired) electrons. The molecule has 2 heterocycles. The molecule has 0 spiro atoms. The standard InChI is InChI=1S/C24H29ClN4O2/c1-26(2)10-11-29-17-20(19-9-8-18(25)16-22(19)29)24(30)28-14-12-27(13-15-28)21-6-4-5-7-23(21)31-3/h4-9,16-17H,10-15H2,1-3H3. The minimum absolute atomic E-state index is 0.0793. The van der Waals surface area contributed by atoms with Crippen molar-refractivity contribution in [2.75, 3.05) is 58.8 Å². The summed E-state index contributed by atoms with van der Waals surface area (Å²) < 4.78 is 7.64. The number of benzene rings is 2. The maximum Gasteiger partial charge on any atom is 0.256 e. The molecule has 2 aromatic carbocycles. The normalized spacial score (nSPS) is 14.5. The predicted molar refractivity (Wildman–Crippen MR) is 127 cm³/mol. The van der Waals surface area contributed by atoms with E-state index in [4.69, 9.17) is 16.3 Å². The van der Waals surface area contributed by atoms with Crippen molar-refractivity contribution in [3.63, 3.8) is 0 Å². The fourth-order valence-corrected chi connectivity index (χ4v) is 4.31. The first-order valence-electron chi connectivity index (χ1n) is 10.6. The van der Waals surface area contributed by atoms with Crippen molar-refractivity contribution >= 4 is 34.1 Å². The van der Waals surface area contributed by atoms with Crippen LogP contribution in [-0.4, -0.2) is 74.2 Å². The Balaban J connectivity index is 1.54. The molecule has 1 aliphatic rings. The van der Waals surface area contributed by atoms with Crippen LogP contribution >= 0.6 is 11.6 Å². The molecule has 0 unspecified atom stereocenters. The highest BCUT2D eigenvalue weighted by molar-refractivity contribution is 6.31. The highest BCUT2D eigenvalue weighted by Gasteiger charge is 2.26. The molecule has 0 aliphatic carbocycles. The number of carbonyl (C=O) groups is 1. The summed E-state index contributed by atoms with van der Waals surface area (Å²) in [4.78, 5) is 19.8. The Hall–Kier alpha value is -2.70. The van der Waals surface area contributed by atoms with Crippen molar-refractivity contribution in [3.8, 4) is 5.75 Å². The van der Waals surface area contributed by atoms with Crippen LogP contribution in [0.4, 0.5) is 5.69 Å². The molecule has 0 bridgehead atoms. The Kier molecular flexibility index (Phi) is 6.39. The van der Waals surface area contributed by atoms with Gasteiger partial charge in [-0.05, 0) is 38.4 Å². The quantitative estimate of drug-likeness (QED) is 0.584. The number of methoxy groups -OCH3 is 1. The number of likely N-dealkylation sites (N-methyl/N-ethyl adjacent to an activating group) is 1. The monoisotopic (exact) mass is 440 g/mol. The number of ether oxygens (including phenoxy) is 1. The van der Waals surface area contributed by atoms with E-state index in [-0.39, 0.29) is 5.91 Å². The van der Waals surface area contributed by atoms with Crippen LogP contribution in [0.3, 0.4) is 0 Å². The van der Waals surface area contributed by atoms with Crippen molar-refractivity contribution in [1.29, 1.82) is 0 Å². The largest absolute Gasteiger partial charge is 0.495 e. The van der Waals surface area contributed by atoms with E-state index in [1.807, 2.05) is 61.6 Å². The fourth-order valence-electron chi connectivity index (χ4n) is 4.14. The topological polar surface area (TPSA) is 41.0 Å². The molecule has 1 amide bonds. The van der Waals surface area contributed by atoms with Gasteiger partial charge in [0.25, 0.3) is 5.91 Å². The van der Waals surface area contributed by atoms with E-state index in [2.05, 4.69) is 20.4 Å². The highest BCUT2D eigenvalue weighted by atomic mass is 35.5. The molecule has 4 rings (SSSR count). The molecule has 1 aromatic heterocycles. The lowest BCUT2D eigenvalue weighted by molar-refractivity contribution is 0.0748. The zero-order chi connectivity index (χ0) is 22.0. The first-order valence-corrected chi connectivity index (χ1v) is 11.0. The van der Waals surface area contributed by atoms with Crippen LogP contribution in [0.2, 0.25) is 5.02 Å². The zero-order valence-corrected chi connectivity index (χ0v) is 19.1. The number of piperazine rings is 1. The van der Waals surface area contributed by atoms with Gasteiger partial charge < -0.3 is 24.0 Å². The van der Waals surface area contributed by atoms with Gasteiger partial charge in [-0.3, -0.25) is 4.79 Å². The summed E-state index contributed by atoms with van der Waals surface area (Å²) in [5.74, 6) is 0.943. The van der Waals surface area contributed by atoms with Gasteiger partial charge in [-0.1, -0.05) is 29.8 Å². The second-order valence-corrected chi connectivity index (χ2v) is 8.59. The minimum Gasteiger partial charge on any atom is -0.495 e. The summed E-state index contributed by atoms with van der Waals surface area (Å²) in [5.41, 5.74) is 2.83. The van der Waals surface area contributed by atoms with Gasteiger partial charge >= 0.3 is 0 Å². The molecular weight excluding hydrogens is 412 g/mol. The number of halogens is 1. The van der Waals surface area contributed by atoms with E-state index in [0.717, 1.165) is 54.1 Å². The van der Waals surface area contributed by atoms with Crippen LogP contribution in [0.1, 0.15) is 10.4 Å². The molecule has 0 saturated carbocycles. The Bertz CT molecular complexity index is 1070. The summed E-state index contributed by atoms with van der Waals surface area (Å²) in [6, 6.07) is 13.8. The summed E-state index contributed by atoms with van der Waals surface area (Å²) in [6.07, 6.45) is 1.99. The van der Waals surface area contributed by atoms with Crippen LogP contribution < -0.4 is 9.64 Å². The van der Waals surface area contributed by atoms with Gasteiger partial charge in [-0.25, -0.2) is 0 Å². The molecule has 1 aliphatic heterocycles. The Morgan fingerprint density at radius 2 is 1.84 bits per heavy atom. The highest BCUT2D eigenvalue weighted by Crippen LogP contribution is 2.30. The lowest BCUT2D eigenvalue weighted by Gasteiger charge is -2.36. The summed E-state index contributed by atoms with van der Waals surface area (Å²) >= 11 is 6.26. The number of para-hydroxylation sites is 2. The molecule has 6 nitrogen and oxygen atoms in total. The zero-order valence-electron chi connectivity index (χ0n) is 18.3. The van der Waals surface area contributed by atoms with Crippen molar-refractivity contribution in [1.82, 2.24) is 14.4 Å². The maximum atomic E-state index is 13.4. The smallest absolute Gasteiger partial charge is 0.256 e. The number of aromatic nitrogens is 1. The van der Waals surface area contributed by atoms with Gasteiger partial charge in [-0.2, -0.15) is 0 Å². The number of rotatable bonds is 6. The Morgan fingerprint density at radius 3 is 2.55 bits per heavy atom. The number of hydrogen-bond donors (Lipinski definition) is 0. The molecule has 3 aromatic rings. The van der Waals surface area contributed by atoms with E-state index in [1.165, 1.54) is 0 Å². The molecular formula is C24H29ClN4O2. The van der Waals surface area contributed by atoms with Crippen molar-refractivity contribution in [2.24, 2.45) is 0 Å². The number of nitrogens with zero attached hydrogens (tertiary/aromatic N) is 4. The molecule has 7 heteroatoms.